The summed E-state index contributed by atoms with van der Waals surface area (Å²) in [4.78, 5) is 30.5. The number of nitrogens with zero attached hydrogens (tertiary/aromatic N) is 2. The second-order valence-electron chi connectivity index (χ2n) is 7.73. The highest BCUT2D eigenvalue weighted by Gasteiger charge is 2.14. The molecule has 31 heavy (non-hydrogen) atoms. The minimum absolute atomic E-state index is 0.0304. The number of nitrogens with one attached hydrogen (secondary N) is 1. The van der Waals surface area contributed by atoms with Gasteiger partial charge in [-0.15, -0.1) is 0 Å². The lowest BCUT2D eigenvalue weighted by atomic mass is 10.1. The van der Waals surface area contributed by atoms with Gasteiger partial charge in [-0.3, -0.25) is 14.2 Å². The van der Waals surface area contributed by atoms with Gasteiger partial charge in [0.1, 0.15) is 0 Å². The van der Waals surface area contributed by atoms with Crippen LogP contribution in [0.4, 0.5) is 5.69 Å². The van der Waals surface area contributed by atoms with Crippen LogP contribution in [0.2, 0.25) is 0 Å². The number of amides is 1. The van der Waals surface area contributed by atoms with Crippen molar-refractivity contribution >= 4 is 34.3 Å². The van der Waals surface area contributed by atoms with Crippen molar-refractivity contribution in [1.29, 1.82) is 0 Å². The Kier molecular flexibility index (Phi) is 8.29. The molecule has 0 atom stereocenters. The van der Waals surface area contributed by atoms with E-state index in [0.29, 0.717) is 22.6 Å². The van der Waals surface area contributed by atoms with Crippen LogP contribution in [-0.4, -0.2) is 21.2 Å². The number of hydrogen-bond acceptors (Lipinski definition) is 4. The zero-order valence-electron chi connectivity index (χ0n) is 18.6. The fourth-order valence-electron chi connectivity index (χ4n) is 3.66. The summed E-state index contributed by atoms with van der Waals surface area (Å²) in [5, 5.41) is 4.29. The number of anilines is 1. The summed E-state index contributed by atoms with van der Waals surface area (Å²) in [6.07, 6.45) is 5.15. The van der Waals surface area contributed by atoms with Crippen LogP contribution in [0, 0.1) is 6.92 Å². The Hall–Kier alpha value is -2.60. The van der Waals surface area contributed by atoms with Gasteiger partial charge < -0.3 is 5.32 Å². The van der Waals surface area contributed by atoms with E-state index in [4.69, 9.17) is 4.98 Å². The molecule has 3 rings (SSSR count). The van der Waals surface area contributed by atoms with Gasteiger partial charge in [-0.25, -0.2) is 4.98 Å². The maximum Gasteiger partial charge on any atom is 0.262 e. The zero-order chi connectivity index (χ0) is 22.2. The molecule has 5 nitrogen and oxygen atoms in total. The number of thioether (sulfide) groups is 1. The fourth-order valence-corrected chi connectivity index (χ4v) is 4.48. The molecule has 0 aliphatic heterocycles. The van der Waals surface area contributed by atoms with Crippen LogP contribution in [0.15, 0.2) is 52.4 Å². The van der Waals surface area contributed by atoms with Gasteiger partial charge in [0.15, 0.2) is 5.16 Å². The maximum atomic E-state index is 13.1. The lowest BCUT2D eigenvalue weighted by Gasteiger charge is -2.15. The van der Waals surface area contributed by atoms with Gasteiger partial charge in [0.25, 0.3) is 5.56 Å². The molecule has 0 spiro atoms. The number of unbranched alkanes of at least 4 members (excludes halogenated alkanes) is 3. The number of aromatic nitrogens is 2. The largest absolute Gasteiger partial charge is 0.325 e. The first-order valence-corrected chi connectivity index (χ1v) is 12.0. The third-order valence-corrected chi connectivity index (χ3v) is 6.38. The SMILES string of the molecule is CCCCCCn1c(SCC(=O)Nc2c(C)cccc2CC)nc2ccccc2c1=O. The van der Waals surface area contributed by atoms with E-state index < -0.39 is 0 Å². The predicted octanol–water partition coefficient (Wildman–Crippen LogP) is 5.58. The molecule has 0 radical (unpaired) electrons. The van der Waals surface area contributed by atoms with Crippen LogP contribution >= 0.6 is 11.8 Å². The van der Waals surface area contributed by atoms with Gasteiger partial charge in [0.2, 0.25) is 5.91 Å². The van der Waals surface area contributed by atoms with Crippen molar-refractivity contribution in [2.24, 2.45) is 0 Å². The zero-order valence-corrected chi connectivity index (χ0v) is 19.4. The van der Waals surface area contributed by atoms with Crippen molar-refractivity contribution < 1.29 is 4.79 Å². The van der Waals surface area contributed by atoms with Crippen molar-refractivity contribution in [2.45, 2.75) is 64.6 Å². The number of para-hydroxylation sites is 2. The van der Waals surface area contributed by atoms with Crippen molar-refractivity contribution in [1.82, 2.24) is 9.55 Å². The van der Waals surface area contributed by atoms with Gasteiger partial charge in [0.05, 0.1) is 16.7 Å². The normalized spacial score (nSPS) is 11.1. The Labute approximate surface area is 188 Å². The van der Waals surface area contributed by atoms with E-state index in [9.17, 15) is 9.59 Å². The number of benzene rings is 2. The summed E-state index contributed by atoms with van der Waals surface area (Å²) in [6, 6.07) is 13.5. The van der Waals surface area contributed by atoms with Crippen molar-refractivity contribution in [2.75, 3.05) is 11.1 Å². The highest BCUT2D eigenvalue weighted by molar-refractivity contribution is 7.99. The van der Waals surface area contributed by atoms with E-state index in [1.54, 1.807) is 4.57 Å². The Morgan fingerprint density at radius 2 is 1.87 bits per heavy atom. The molecule has 0 saturated heterocycles. The van der Waals surface area contributed by atoms with E-state index in [1.165, 1.54) is 11.8 Å². The van der Waals surface area contributed by atoms with E-state index in [2.05, 4.69) is 19.2 Å². The number of rotatable bonds is 10. The summed E-state index contributed by atoms with van der Waals surface area (Å²) in [5.41, 5.74) is 3.70. The molecule has 3 aromatic rings. The second kappa shape index (κ2) is 11.1. The van der Waals surface area contributed by atoms with Gasteiger partial charge in [-0.2, -0.15) is 0 Å². The standard InChI is InChI=1S/C25H31N3O2S/c1-4-6-7-10-16-28-24(30)20-14-8-9-15-21(20)26-25(28)31-17-22(29)27-23-18(3)12-11-13-19(23)5-2/h8-9,11-15H,4-7,10,16-17H2,1-3H3,(H,27,29). The quantitative estimate of drug-likeness (QED) is 0.255. The third-order valence-electron chi connectivity index (χ3n) is 5.40. The fraction of sp³-hybridized carbons (Fsp3) is 0.400. The van der Waals surface area contributed by atoms with E-state index in [-0.39, 0.29) is 17.2 Å². The first-order chi connectivity index (χ1) is 15.0. The Morgan fingerprint density at radius 1 is 1.06 bits per heavy atom. The summed E-state index contributed by atoms with van der Waals surface area (Å²) in [6.45, 7) is 6.87. The van der Waals surface area contributed by atoms with Crippen LogP contribution in [0.1, 0.15) is 50.7 Å². The second-order valence-corrected chi connectivity index (χ2v) is 8.67. The number of carbonyl (C=O) groups excluding carboxylic acids is 1. The molecule has 0 bridgehead atoms. The Balaban J connectivity index is 1.80. The third kappa shape index (κ3) is 5.76. The first-order valence-electron chi connectivity index (χ1n) is 11.1. The summed E-state index contributed by atoms with van der Waals surface area (Å²) in [5.74, 6) is 0.117. The van der Waals surface area contributed by atoms with Gasteiger partial charge in [0, 0.05) is 12.2 Å². The van der Waals surface area contributed by atoms with Crippen molar-refractivity contribution in [3.8, 4) is 0 Å². The number of aryl methyl sites for hydroxylation is 2. The van der Waals surface area contributed by atoms with Crippen LogP contribution in [0.3, 0.4) is 0 Å². The van der Waals surface area contributed by atoms with Crippen LogP contribution < -0.4 is 10.9 Å². The van der Waals surface area contributed by atoms with Crippen molar-refractivity contribution in [3.05, 3.63) is 63.9 Å². The minimum atomic E-state index is -0.0889. The molecule has 0 saturated carbocycles. The van der Waals surface area contributed by atoms with E-state index in [0.717, 1.165) is 48.9 Å². The summed E-state index contributed by atoms with van der Waals surface area (Å²) in [7, 11) is 0. The first kappa shape index (κ1) is 23.1. The highest BCUT2D eigenvalue weighted by Crippen LogP contribution is 2.23. The molecular weight excluding hydrogens is 406 g/mol. The summed E-state index contributed by atoms with van der Waals surface area (Å²) < 4.78 is 1.74. The molecule has 1 amide bonds. The lowest BCUT2D eigenvalue weighted by Crippen LogP contribution is -2.24. The number of hydrogen-bond donors (Lipinski definition) is 1. The number of fused-ring (bicyclic) bond motifs is 1. The molecule has 1 aromatic heterocycles. The molecule has 1 heterocycles. The van der Waals surface area contributed by atoms with Crippen molar-refractivity contribution in [3.63, 3.8) is 0 Å². The molecule has 6 heteroatoms. The summed E-state index contributed by atoms with van der Waals surface area (Å²) >= 11 is 1.33. The van der Waals surface area contributed by atoms with Gasteiger partial charge in [-0.05, 0) is 43.0 Å². The van der Waals surface area contributed by atoms with E-state index in [1.807, 2.05) is 49.4 Å². The average Bonchev–Trinajstić information content (AvgIpc) is 2.78. The van der Waals surface area contributed by atoms with E-state index >= 15 is 0 Å². The molecule has 0 fully saturated rings. The molecule has 0 unspecified atom stereocenters. The minimum Gasteiger partial charge on any atom is -0.325 e. The molecular formula is C25H31N3O2S. The van der Waals surface area contributed by atoms with Gasteiger partial charge in [-0.1, -0.05) is 75.2 Å². The molecule has 0 aliphatic carbocycles. The van der Waals surface area contributed by atoms with Crippen LogP contribution in [-0.2, 0) is 17.8 Å². The lowest BCUT2D eigenvalue weighted by molar-refractivity contribution is -0.113. The molecule has 164 valence electrons. The topological polar surface area (TPSA) is 64.0 Å². The Morgan fingerprint density at radius 3 is 2.65 bits per heavy atom. The molecule has 2 aromatic carbocycles. The van der Waals surface area contributed by atoms with Crippen LogP contribution in [0.5, 0.6) is 0 Å². The highest BCUT2D eigenvalue weighted by atomic mass is 32.2. The average molecular weight is 438 g/mol. The predicted molar refractivity (Wildman–Crippen MR) is 130 cm³/mol. The monoisotopic (exact) mass is 437 g/mol. The number of carbonyl (C=O) groups is 1. The van der Waals surface area contributed by atoms with Gasteiger partial charge >= 0.3 is 0 Å². The smallest absolute Gasteiger partial charge is 0.262 e. The molecule has 0 aliphatic rings. The maximum absolute atomic E-state index is 13.1. The van der Waals surface area contributed by atoms with Crippen LogP contribution in [0.25, 0.3) is 10.9 Å². The molecule has 1 N–H and O–H groups in total. The Bertz CT molecular complexity index is 1110.